The van der Waals surface area contributed by atoms with Crippen molar-refractivity contribution in [1.82, 2.24) is 29.2 Å². The lowest BCUT2D eigenvalue weighted by atomic mass is 10.1. The lowest BCUT2D eigenvalue weighted by Gasteiger charge is -2.16. The molecule has 0 radical (unpaired) electrons. The van der Waals surface area contributed by atoms with Crippen molar-refractivity contribution >= 4 is 22.8 Å². The summed E-state index contributed by atoms with van der Waals surface area (Å²) in [5.74, 6) is 0. The number of benzene rings is 2. The first-order chi connectivity index (χ1) is 17.1. The lowest BCUT2D eigenvalue weighted by Crippen LogP contribution is -2.36. The maximum absolute atomic E-state index is 12.7. The van der Waals surface area contributed by atoms with Crippen LogP contribution in [0.4, 0.5) is 10.5 Å². The number of hydrogen-bond acceptors (Lipinski definition) is 3. The molecule has 0 bridgehead atoms. The molecule has 0 unspecified atom stereocenters. The molecule has 5 aromatic rings. The van der Waals surface area contributed by atoms with E-state index in [4.69, 9.17) is 0 Å². The van der Waals surface area contributed by atoms with Gasteiger partial charge in [0.15, 0.2) is 0 Å². The molecule has 2 aromatic carbocycles. The SMILES string of the molecule is Cn1cc(-c2ccc3c(c2)ncn3-c2cc(NC(=O)NC3CCCC3)cc(-n3cccc3)c2)cn1. The Bertz CT molecular complexity index is 1490. The van der Waals surface area contributed by atoms with E-state index in [2.05, 4.69) is 49.5 Å². The fourth-order valence-corrected chi connectivity index (χ4v) is 4.85. The summed E-state index contributed by atoms with van der Waals surface area (Å²) in [7, 11) is 1.91. The highest BCUT2D eigenvalue weighted by Crippen LogP contribution is 2.28. The number of rotatable bonds is 5. The number of fused-ring (bicyclic) bond motifs is 1. The molecule has 0 saturated heterocycles. The minimum Gasteiger partial charge on any atom is -0.335 e. The Kier molecular flexibility index (Phi) is 5.33. The van der Waals surface area contributed by atoms with Gasteiger partial charge >= 0.3 is 6.03 Å². The predicted molar refractivity (Wildman–Crippen MR) is 137 cm³/mol. The molecule has 1 aliphatic rings. The Balaban J connectivity index is 1.36. The Hall–Kier alpha value is -4.33. The topological polar surface area (TPSA) is 81.7 Å². The number of aromatic nitrogens is 5. The molecule has 3 aromatic heterocycles. The Morgan fingerprint density at radius 3 is 2.57 bits per heavy atom. The van der Waals surface area contributed by atoms with Crippen LogP contribution in [0.1, 0.15) is 25.7 Å². The summed E-state index contributed by atoms with van der Waals surface area (Å²) in [5, 5.41) is 10.4. The molecule has 2 amide bonds. The molecule has 0 spiro atoms. The molecule has 1 saturated carbocycles. The second kappa shape index (κ2) is 8.79. The van der Waals surface area contributed by atoms with Crippen molar-refractivity contribution < 1.29 is 4.79 Å². The van der Waals surface area contributed by atoms with Gasteiger partial charge in [0.25, 0.3) is 0 Å². The normalized spacial score (nSPS) is 14.0. The maximum Gasteiger partial charge on any atom is 0.319 e. The third-order valence-corrected chi connectivity index (χ3v) is 6.62. The van der Waals surface area contributed by atoms with Crippen molar-refractivity contribution in [3.63, 3.8) is 0 Å². The zero-order valence-corrected chi connectivity index (χ0v) is 19.6. The monoisotopic (exact) mass is 465 g/mol. The zero-order chi connectivity index (χ0) is 23.8. The van der Waals surface area contributed by atoms with Gasteiger partial charge in [0, 0.05) is 48.6 Å². The van der Waals surface area contributed by atoms with Crippen molar-refractivity contribution in [3.05, 3.63) is 79.6 Å². The van der Waals surface area contributed by atoms with Gasteiger partial charge < -0.3 is 15.2 Å². The molecule has 0 aliphatic heterocycles. The third-order valence-electron chi connectivity index (χ3n) is 6.62. The average molecular weight is 466 g/mol. The van der Waals surface area contributed by atoms with Gasteiger partial charge in [-0.2, -0.15) is 5.10 Å². The van der Waals surface area contributed by atoms with E-state index in [0.29, 0.717) is 0 Å². The van der Waals surface area contributed by atoms with E-state index in [-0.39, 0.29) is 12.1 Å². The van der Waals surface area contributed by atoms with Crippen LogP contribution >= 0.6 is 0 Å². The number of amides is 2. The van der Waals surface area contributed by atoms with Crippen molar-refractivity contribution in [3.8, 4) is 22.5 Å². The number of urea groups is 1. The number of anilines is 1. The molecule has 8 nitrogen and oxygen atoms in total. The highest BCUT2D eigenvalue weighted by atomic mass is 16.2. The standard InChI is InChI=1S/C27H27N7O/c1-32-17-20(16-29-32)19-8-9-26-25(12-19)28-18-34(26)24-14-22(13-23(15-24)33-10-4-5-11-33)31-27(35)30-21-6-2-3-7-21/h4-5,8-18,21H,2-3,6-7H2,1H3,(H2,30,31,35). The summed E-state index contributed by atoms with van der Waals surface area (Å²) >= 11 is 0. The highest BCUT2D eigenvalue weighted by molar-refractivity contribution is 5.90. The number of hydrogen-bond donors (Lipinski definition) is 2. The number of aryl methyl sites for hydroxylation is 1. The van der Waals surface area contributed by atoms with E-state index in [0.717, 1.165) is 52.1 Å². The van der Waals surface area contributed by atoms with E-state index in [9.17, 15) is 4.79 Å². The van der Waals surface area contributed by atoms with Gasteiger partial charge in [-0.3, -0.25) is 9.25 Å². The van der Waals surface area contributed by atoms with Gasteiger partial charge in [-0.05, 0) is 60.9 Å². The van der Waals surface area contributed by atoms with Gasteiger partial charge in [-0.1, -0.05) is 18.9 Å². The smallest absolute Gasteiger partial charge is 0.319 e. The van der Waals surface area contributed by atoms with E-state index < -0.39 is 0 Å². The highest BCUT2D eigenvalue weighted by Gasteiger charge is 2.17. The van der Waals surface area contributed by atoms with Crippen LogP contribution in [0.25, 0.3) is 33.5 Å². The summed E-state index contributed by atoms with van der Waals surface area (Å²) in [6, 6.07) is 16.4. The van der Waals surface area contributed by atoms with Gasteiger partial charge in [-0.25, -0.2) is 9.78 Å². The van der Waals surface area contributed by atoms with Crippen molar-refractivity contribution in [2.75, 3.05) is 5.32 Å². The van der Waals surface area contributed by atoms with Crippen molar-refractivity contribution in [1.29, 1.82) is 0 Å². The number of nitrogens with one attached hydrogen (secondary N) is 2. The third kappa shape index (κ3) is 4.30. The van der Waals surface area contributed by atoms with E-state index in [1.54, 1.807) is 4.68 Å². The molecule has 3 heterocycles. The van der Waals surface area contributed by atoms with Crippen LogP contribution in [0.5, 0.6) is 0 Å². The first-order valence-electron chi connectivity index (χ1n) is 11.9. The van der Waals surface area contributed by atoms with Crippen LogP contribution in [-0.2, 0) is 7.05 Å². The molecule has 2 N–H and O–H groups in total. The summed E-state index contributed by atoms with van der Waals surface area (Å²) in [5.41, 5.74) is 6.62. The van der Waals surface area contributed by atoms with Crippen LogP contribution in [0.15, 0.2) is 79.6 Å². The second-order valence-corrected chi connectivity index (χ2v) is 9.13. The quantitative estimate of drug-likeness (QED) is 0.370. The first kappa shape index (κ1) is 21.2. The number of carbonyl (C=O) groups excluding carboxylic acids is 1. The van der Waals surface area contributed by atoms with E-state index >= 15 is 0 Å². The van der Waals surface area contributed by atoms with E-state index in [1.807, 2.05) is 67.0 Å². The summed E-state index contributed by atoms with van der Waals surface area (Å²) < 4.78 is 5.88. The fraction of sp³-hybridized carbons (Fsp3) is 0.222. The Labute approximate surface area is 203 Å². The largest absolute Gasteiger partial charge is 0.335 e. The van der Waals surface area contributed by atoms with Crippen molar-refractivity contribution in [2.45, 2.75) is 31.7 Å². The molecular weight excluding hydrogens is 438 g/mol. The number of carbonyl (C=O) groups is 1. The van der Waals surface area contributed by atoms with Crippen LogP contribution in [0.2, 0.25) is 0 Å². The lowest BCUT2D eigenvalue weighted by molar-refractivity contribution is 0.248. The van der Waals surface area contributed by atoms with Crippen molar-refractivity contribution in [2.24, 2.45) is 7.05 Å². The van der Waals surface area contributed by atoms with Crippen LogP contribution in [-0.4, -0.2) is 36.0 Å². The summed E-state index contributed by atoms with van der Waals surface area (Å²) in [6.45, 7) is 0. The second-order valence-electron chi connectivity index (χ2n) is 9.13. The molecule has 1 fully saturated rings. The summed E-state index contributed by atoms with van der Waals surface area (Å²) in [4.78, 5) is 17.4. The van der Waals surface area contributed by atoms with Crippen LogP contribution < -0.4 is 10.6 Å². The zero-order valence-electron chi connectivity index (χ0n) is 19.6. The number of nitrogens with zero attached hydrogens (tertiary/aromatic N) is 5. The Morgan fingerprint density at radius 1 is 1.00 bits per heavy atom. The summed E-state index contributed by atoms with van der Waals surface area (Å²) in [6.07, 6.45) is 14.1. The minimum atomic E-state index is -0.163. The molecule has 1 aliphatic carbocycles. The van der Waals surface area contributed by atoms with Crippen LogP contribution in [0.3, 0.4) is 0 Å². The van der Waals surface area contributed by atoms with Gasteiger partial charge in [0.2, 0.25) is 0 Å². The average Bonchev–Trinajstić information content (AvgIpc) is 3.66. The fourth-order valence-electron chi connectivity index (χ4n) is 4.85. The molecule has 8 heteroatoms. The number of imidazole rings is 1. The van der Waals surface area contributed by atoms with Gasteiger partial charge in [-0.15, -0.1) is 0 Å². The molecular formula is C27H27N7O. The molecule has 35 heavy (non-hydrogen) atoms. The molecule has 6 rings (SSSR count). The maximum atomic E-state index is 12.7. The molecule has 0 atom stereocenters. The minimum absolute atomic E-state index is 0.163. The van der Waals surface area contributed by atoms with Gasteiger partial charge in [0.1, 0.15) is 6.33 Å². The van der Waals surface area contributed by atoms with Crippen LogP contribution in [0, 0.1) is 0 Å². The Morgan fingerprint density at radius 2 is 1.80 bits per heavy atom. The van der Waals surface area contributed by atoms with E-state index in [1.165, 1.54) is 12.8 Å². The first-order valence-corrected chi connectivity index (χ1v) is 11.9. The molecule has 176 valence electrons. The van der Waals surface area contributed by atoms with Gasteiger partial charge in [0.05, 0.1) is 22.9 Å². The predicted octanol–water partition coefficient (Wildman–Crippen LogP) is 5.28.